The first-order chi connectivity index (χ1) is 7.89. The first kappa shape index (κ1) is 11.7. The highest BCUT2D eigenvalue weighted by molar-refractivity contribution is 5.85. The molecule has 1 heterocycles. The van der Waals surface area contributed by atoms with E-state index < -0.39 is 12.1 Å². The van der Waals surface area contributed by atoms with Crippen LogP contribution in [0.1, 0.15) is 11.1 Å². The van der Waals surface area contributed by atoms with E-state index in [-0.39, 0.29) is 13.1 Å². The van der Waals surface area contributed by atoms with Gasteiger partial charge in [0.2, 0.25) is 0 Å². The topological polar surface area (TPSA) is 20.3 Å². The highest BCUT2D eigenvalue weighted by Gasteiger charge is 2.43. The van der Waals surface area contributed by atoms with Crippen LogP contribution >= 0.6 is 0 Å². The van der Waals surface area contributed by atoms with Gasteiger partial charge in [0.05, 0.1) is 0 Å². The Morgan fingerprint density at radius 3 is 2.53 bits per heavy atom. The lowest BCUT2D eigenvalue weighted by Crippen LogP contribution is -2.43. The molecule has 90 valence electrons. The fourth-order valence-corrected chi connectivity index (χ4v) is 1.90. The minimum Gasteiger partial charge on any atom is -0.326 e. The highest BCUT2D eigenvalue weighted by Crippen LogP contribution is 2.29. The predicted molar refractivity (Wildman–Crippen MR) is 56.9 cm³/mol. The summed E-state index contributed by atoms with van der Waals surface area (Å²) in [4.78, 5) is 11.9. The predicted octanol–water partition coefficient (Wildman–Crippen LogP) is 2.60. The zero-order valence-electron chi connectivity index (χ0n) is 8.92. The fraction of sp³-hybridized carbons (Fsp3) is 0.250. The van der Waals surface area contributed by atoms with Crippen LogP contribution < -0.4 is 0 Å². The number of rotatable bonds is 0. The molecule has 0 spiro atoms. The molecule has 0 bridgehead atoms. The van der Waals surface area contributed by atoms with E-state index in [0.29, 0.717) is 11.1 Å². The first-order valence-electron chi connectivity index (χ1n) is 5.02. The second-order valence-electron chi connectivity index (χ2n) is 3.92. The third kappa shape index (κ3) is 2.18. The van der Waals surface area contributed by atoms with Crippen molar-refractivity contribution in [2.45, 2.75) is 12.7 Å². The van der Waals surface area contributed by atoms with Gasteiger partial charge >= 0.3 is 12.1 Å². The zero-order chi connectivity index (χ0) is 12.6. The van der Waals surface area contributed by atoms with Gasteiger partial charge in [-0.05, 0) is 16.7 Å². The molecule has 0 atom stereocenters. The van der Waals surface area contributed by atoms with E-state index in [4.69, 9.17) is 0 Å². The molecule has 1 aliphatic heterocycles. The van der Waals surface area contributed by atoms with Crippen LogP contribution in [0.3, 0.4) is 0 Å². The van der Waals surface area contributed by atoms with E-state index in [1.54, 1.807) is 24.3 Å². The minimum absolute atomic E-state index is 0.0203. The number of hydrogen-bond donors (Lipinski definition) is 0. The van der Waals surface area contributed by atoms with Crippen molar-refractivity contribution in [3.63, 3.8) is 0 Å². The number of nitrogens with zero attached hydrogens (tertiary/aromatic N) is 1. The summed E-state index contributed by atoms with van der Waals surface area (Å²) in [5, 5.41) is 0. The van der Waals surface area contributed by atoms with Gasteiger partial charge in [0.25, 0.3) is 0 Å². The Hall–Kier alpha value is -1.78. The van der Waals surface area contributed by atoms with Crippen molar-refractivity contribution in [3.05, 3.63) is 42.0 Å². The molecule has 0 saturated heterocycles. The lowest BCUT2D eigenvalue weighted by Gasteiger charge is -2.30. The van der Waals surface area contributed by atoms with Crippen LogP contribution in [0.25, 0.3) is 5.57 Å². The van der Waals surface area contributed by atoms with Crippen molar-refractivity contribution in [1.82, 2.24) is 4.90 Å². The summed E-state index contributed by atoms with van der Waals surface area (Å²) in [6, 6.07) is 7.03. The van der Waals surface area contributed by atoms with Gasteiger partial charge in [-0.2, -0.15) is 13.2 Å². The van der Waals surface area contributed by atoms with Gasteiger partial charge in [0, 0.05) is 13.1 Å². The summed E-state index contributed by atoms with van der Waals surface area (Å²) in [5.74, 6) is -1.81. The van der Waals surface area contributed by atoms with E-state index in [1.165, 1.54) is 0 Å². The minimum atomic E-state index is -4.83. The van der Waals surface area contributed by atoms with E-state index in [0.717, 1.165) is 10.5 Å². The molecular formula is C12H10F3NO. The Morgan fingerprint density at radius 2 is 1.88 bits per heavy atom. The molecule has 17 heavy (non-hydrogen) atoms. The summed E-state index contributed by atoms with van der Waals surface area (Å²) in [5.41, 5.74) is 2.06. The number of carbonyl (C=O) groups is 1. The molecule has 1 aromatic carbocycles. The average molecular weight is 241 g/mol. The quantitative estimate of drug-likeness (QED) is 0.683. The van der Waals surface area contributed by atoms with E-state index >= 15 is 0 Å². The Kier molecular flexibility index (Phi) is 2.69. The largest absolute Gasteiger partial charge is 0.471 e. The van der Waals surface area contributed by atoms with Gasteiger partial charge < -0.3 is 4.90 Å². The van der Waals surface area contributed by atoms with Crippen molar-refractivity contribution >= 4 is 11.5 Å². The van der Waals surface area contributed by atoms with Crippen molar-refractivity contribution in [1.29, 1.82) is 0 Å². The number of carbonyl (C=O) groups excluding carboxylic acids is 1. The number of amides is 1. The molecule has 1 amide bonds. The summed E-state index contributed by atoms with van der Waals surface area (Å²) >= 11 is 0. The smallest absolute Gasteiger partial charge is 0.326 e. The number of benzene rings is 1. The molecule has 0 N–H and O–H groups in total. The van der Waals surface area contributed by atoms with Gasteiger partial charge in [-0.3, -0.25) is 4.79 Å². The van der Waals surface area contributed by atoms with Gasteiger partial charge in [-0.1, -0.05) is 30.8 Å². The van der Waals surface area contributed by atoms with Crippen molar-refractivity contribution in [2.75, 3.05) is 6.54 Å². The molecular weight excluding hydrogens is 231 g/mol. The summed E-state index contributed by atoms with van der Waals surface area (Å²) in [6.45, 7) is 3.61. The molecule has 0 fully saturated rings. The SMILES string of the molecule is C=C1CN(C(=O)C(F)(F)F)Cc2ccccc21. The molecule has 0 aromatic heterocycles. The summed E-state index contributed by atoms with van der Waals surface area (Å²) < 4.78 is 36.9. The van der Waals surface area contributed by atoms with Crippen LogP contribution in [0.2, 0.25) is 0 Å². The van der Waals surface area contributed by atoms with Crippen LogP contribution in [0.4, 0.5) is 13.2 Å². The maximum atomic E-state index is 12.3. The van der Waals surface area contributed by atoms with Crippen LogP contribution in [-0.2, 0) is 11.3 Å². The van der Waals surface area contributed by atoms with Gasteiger partial charge in [0.1, 0.15) is 0 Å². The molecule has 0 aliphatic carbocycles. The molecule has 5 heteroatoms. The van der Waals surface area contributed by atoms with Crippen LogP contribution in [0.5, 0.6) is 0 Å². The second kappa shape index (κ2) is 3.91. The highest BCUT2D eigenvalue weighted by atomic mass is 19.4. The van der Waals surface area contributed by atoms with Crippen molar-refractivity contribution in [2.24, 2.45) is 0 Å². The van der Waals surface area contributed by atoms with Gasteiger partial charge in [-0.25, -0.2) is 0 Å². The number of halogens is 3. The Balaban J connectivity index is 2.29. The maximum Gasteiger partial charge on any atom is 0.471 e. The van der Waals surface area contributed by atoms with Crippen LogP contribution in [0, 0.1) is 0 Å². The summed E-state index contributed by atoms with van der Waals surface area (Å²) in [7, 11) is 0. The monoisotopic (exact) mass is 241 g/mol. The lowest BCUT2D eigenvalue weighted by atomic mass is 9.96. The van der Waals surface area contributed by atoms with Gasteiger partial charge in [0.15, 0.2) is 0 Å². The van der Waals surface area contributed by atoms with Crippen molar-refractivity contribution in [3.8, 4) is 0 Å². The first-order valence-corrected chi connectivity index (χ1v) is 5.02. The molecule has 0 saturated carbocycles. The standard InChI is InChI=1S/C12H10F3NO/c1-8-6-16(11(17)12(13,14)15)7-9-4-2-3-5-10(8)9/h2-5H,1,6-7H2. The second-order valence-corrected chi connectivity index (χ2v) is 3.92. The fourth-order valence-electron chi connectivity index (χ4n) is 1.90. The number of alkyl halides is 3. The molecule has 0 radical (unpaired) electrons. The maximum absolute atomic E-state index is 12.3. The molecule has 1 aromatic rings. The number of fused-ring (bicyclic) bond motifs is 1. The van der Waals surface area contributed by atoms with E-state index in [2.05, 4.69) is 6.58 Å². The lowest BCUT2D eigenvalue weighted by molar-refractivity contribution is -0.185. The molecule has 1 aliphatic rings. The molecule has 2 rings (SSSR count). The van der Waals surface area contributed by atoms with Crippen molar-refractivity contribution < 1.29 is 18.0 Å². The average Bonchev–Trinajstić information content (AvgIpc) is 2.27. The third-order valence-corrected chi connectivity index (χ3v) is 2.67. The van der Waals surface area contributed by atoms with Gasteiger partial charge in [-0.15, -0.1) is 0 Å². The summed E-state index contributed by atoms with van der Waals surface area (Å²) in [6.07, 6.45) is -4.83. The third-order valence-electron chi connectivity index (χ3n) is 2.67. The Bertz CT molecular complexity index is 479. The number of hydrogen-bond acceptors (Lipinski definition) is 1. The van der Waals surface area contributed by atoms with Crippen LogP contribution in [0.15, 0.2) is 30.8 Å². The normalized spacial score (nSPS) is 15.7. The zero-order valence-corrected chi connectivity index (χ0v) is 8.92. The Morgan fingerprint density at radius 1 is 1.24 bits per heavy atom. The van der Waals surface area contributed by atoms with E-state index in [9.17, 15) is 18.0 Å². The van der Waals surface area contributed by atoms with Crippen LogP contribution in [-0.4, -0.2) is 23.5 Å². The molecule has 0 unspecified atom stereocenters. The molecule has 2 nitrogen and oxygen atoms in total. The van der Waals surface area contributed by atoms with E-state index in [1.807, 2.05) is 0 Å². The Labute approximate surface area is 96.3 Å².